The van der Waals surface area contributed by atoms with Crippen LogP contribution < -0.4 is 4.74 Å². The summed E-state index contributed by atoms with van der Waals surface area (Å²) in [5, 5.41) is 8.80. The van der Waals surface area contributed by atoms with Crippen molar-refractivity contribution in [1.82, 2.24) is 9.97 Å². The van der Waals surface area contributed by atoms with Crippen molar-refractivity contribution in [2.75, 3.05) is 0 Å². The summed E-state index contributed by atoms with van der Waals surface area (Å²) in [4.78, 5) is 18.4. The Labute approximate surface area is 104 Å². The van der Waals surface area contributed by atoms with Crippen LogP contribution in [0, 0.1) is 0 Å². The quantitative estimate of drug-likeness (QED) is 0.894. The van der Waals surface area contributed by atoms with Crippen molar-refractivity contribution in [2.45, 2.75) is 13.3 Å². The maximum Gasteiger partial charge on any atom is 0.354 e. The van der Waals surface area contributed by atoms with Crippen LogP contribution in [-0.4, -0.2) is 21.0 Å². The first-order chi connectivity index (χ1) is 8.69. The lowest BCUT2D eigenvalue weighted by atomic mass is 10.2. The van der Waals surface area contributed by atoms with Gasteiger partial charge in [0.15, 0.2) is 5.69 Å². The number of carboxylic acid groups (broad SMARTS) is 1. The highest BCUT2D eigenvalue weighted by atomic mass is 16.5. The fourth-order valence-electron chi connectivity index (χ4n) is 1.41. The molecule has 1 aromatic heterocycles. The molecule has 92 valence electrons. The number of aromatic nitrogens is 2. The van der Waals surface area contributed by atoms with Gasteiger partial charge in [0.2, 0.25) is 0 Å². The molecule has 0 unspecified atom stereocenters. The molecular formula is C13H12N2O3. The fourth-order valence-corrected chi connectivity index (χ4v) is 1.41. The van der Waals surface area contributed by atoms with E-state index in [1.165, 1.54) is 17.8 Å². The van der Waals surface area contributed by atoms with E-state index < -0.39 is 5.97 Å². The first-order valence-electron chi connectivity index (χ1n) is 5.52. The molecule has 0 bridgehead atoms. The van der Waals surface area contributed by atoms with Gasteiger partial charge in [-0.3, -0.25) is 0 Å². The lowest BCUT2D eigenvalue weighted by Crippen LogP contribution is -2.02. The average molecular weight is 244 g/mol. The van der Waals surface area contributed by atoms with E-state index in [0.717, 1.165) is 6.42 Å². The van der Waals surface area contributed by atoms with Crippen molar-refractivity contribution >= 4 is 5.97 Å². The van der Waals surface area contributed by atoms with Crippen molar-refractivity contribution in [2.24, 2.45) is 0 Å². The maximum atomic E-state index is 10.7. The summed E-state index contributed by atoms with van der Waals surface area (Å²) < 4.78 is 5.38. The van der Waals surface area contributed by atoms with Gasteiger partial charge in [0, 0.05) is 6.20 Å². The summed E-state index contributed by atoms with van der Waals surface area (Å²) in [6.45, 7) is 2.06. The second-order valence-electron chi connectivity index (χ2n) is 3.63. The van der Waals surface area contributed by atoms with Gasteiger partial charge in [-0.2, -0.15) is 4.98 Å². The molecule has 0 aliphatic rings. The largest absolute Gasteiger partial charge is 0.477 e. The summed E-state index contributed by atoms with van der Waals surface area (Å²) in [5.41, 5.74) is 1.10. The third-order valence-electron chi connectivity index (χ3n) is 2.39. The van der Waals surface area contributed by atoms with E-state index in [1.54, 1.807) is 12.1 Å². The van der Waals surface area contributed by atoms with Gasteiger partial charge in [-0.05, 0) is 30.2 Å². The Hall–Kier alpha value is -2.43. The van der Waals surface area contributed by atoms with Gasteiger partial charge in [0.05, 0.1) is 0 Å². The van der Waals surface area contributed by atoms with Crippen molar-refractivity contribution in [3.8, 4) is 11.8 Å². The number of hydrogen-bond donors (Lipinski definition) is 1. The zero-order valence-corrected chi connectivity index (χ0v) is 9.83. The predicted molar refractivity (Wildman–Crippen MR) is 64.9 cm³/mol. The molecule has 2 rings (SSSR count). The fraction of sp³-hybridized carbons (Fsp3) is 0.154. The molecule has 1 heterocycles. The molecule has 0 radical (unpaired) electrons. The van der Waals surface area contributed by atoms with Crippen LogP contribution in [0.15, 0.2) is 36.5 Å². The van der Waals surface area contributed by atoms with E-state index >= 15 is 0 Å². The van der Waals surface area contributed by atoms with Crippen LogP contribution in [-0.2, 0) is 6.42 Å². The van der Waals surface area contributed by atoms with Gasteiger partial charge in [-0.15, -0.1) is 0 Å². The Morgan fingerprint density at radius 1 is 1.28 bits per heavy atom. The zero-order chi connectivity index (χ0) is 13.0. The first kappa shape index (κ1) is 12.0. The highest BCUT2D eigenvalue weighted by Crippen LogP contribution is 2.18. The smallest absolute Gasteiger partial charge is 0.354 e. The average Bonchev–Trinajstić information content (AvgIpc) is 2.40. The molecule has 2 aromatic rings. The van der Waals surface area contributed by atoms with Crippen LogP contribution in [0.3, 0.4) is 0 Å². The minimum absolute atomic E-state index is 0.0270. The summed E-state index contributed by atoms with van der Waals surface area (Å²) in [5.74, 6) is -0.529. The van der Waals surface area contributed by atoms with E-state index in [9.17, 15) is 4.79 Å². The normalized spacial score (nSPS) is 10.1. The van der Waals surface area contributed by atoms with Crippen molar-refractivity contribution in [3.63, 3.8) is 0 Å². The van der Waals surface area contributed by atoms with Crippen LogP contribution in [0.1, 0.15) is 23.0 Å². The number of benzene rings is 1. The number of hydrogen-bond acceptors (Lipinski definition) is 4. The van der Waals surface area contributed by atoms with E-state index in [1.807, 2.05) is 12.1 Å². The second-order valence-corrected chi connectivity index (χ2v) is 3.63. The Morgan fingerprint density at radius 3 is 2.61 bits per heavy atom. The summed E-state index contributed by atoms with van der Waals surface area (Å²) in [7, 11) is 0. The molecule has 0 aliphatic heterocycles. The van der Waals surface area contributed by atoms with Gasteiger partial charge in [0.25, 0.3) is 0 Å². The second kappa shape index (κ2) is 5.27. The molecule has 0 saturated heterocycles. The van der Waals surface area contributed by atoms with Crippen molar-refractivity contribution < 1.29 is 14.6 Å². The molecule has 0 aliphatic carbocycles. The number of ether oxygens (including phenoxy) is 1. The molecule has 1 N–H and O–H groups in total. The van der Waals surface area contributed by atoms with Gasteiger partial charge in [-0.1, -0.05) is 19.1 Å². The molecule has 0 atom stereocenters. The lowest BCUT2D eigenvalue weighted by molar-refractivity contribution is 0.0689. The topological polar surface area (TPSA) is 72.3 Å². The molecule has 0 fully saturated rings. The molecule has 5 heteroatoms. The molecule has 0 amide bonds. The Balaban J connectivity index is 2.17. The monoisotopic (exact) mass is 244 g/mol. The third kappa shape index (κ3) is 2.82. The van der Waals surface area contributed by atoms with Gasteiger partial charge in [-0.25, -0.2) is 9.78 Å². The highest BCUT2D eigenvalue weighted by Gasteiger charge is 2.07. The van der Waals surface area contributed by atoms with Gasteiger partial charge < -0.3 is 9.84 Å². The highest BCUT2D eigenvalue weighted by molar-refractivity contribution is 5.85. The van der Waals surface area contributed by atoms with Crippen LogP contribution in [0.5, 0.6) is 11.8 Å². The Kier molecular flexibility index (Phi) is 3.52. The first-order valence-corrected chi connectivity index (χ1v) is 5.52. The third-order valence-corrected chi connectivity index (χ3v) is 2.39. The van der Waals surface area contributed by atoms with Crippen molar-refractivity contribution in [3.05, 3.63) is 47.8 Å². The number of aromatic carboxylic acids is 1. The molecule has 18 heavy (non-hydrogen) atoms. The van der Waals surface area contributed by atoms with Gasteiger partial charge in [0.1, 0.15) is 5.75 Å². The number of carbonyl (C=O) groups is 1. The minimum Gasteiger partial charge on any atom is -0.477 e. The van der Waals surface area contributed by atoms with Crippen LogP contribution in [0.25, 0.3) is 0 Å². The SMILES string of the molecule is CCc1ccc(Oc2nccc(C(=O)O)n2)cc1. The molecule has 0 spiro atoms. The maximum absolute atomic E-state index is 10.7. The number of rotatable bonds is 4. The predicted octanol–water partition coefficient (Wildman–Crippen LogP) is 2.53. The number of carboxylic acids is 1. The zero-order valence-electron chi connectivity index (χ0n) is 9.83. The van der Waals surface area contributed by atoms with Gasteiger partial charge >= 0.3 is 12.0 Å². The summed E-state index contributed by atoms with van der Waals surface area (Å²) in [6.07, 6.45) is 2.30. The Morgan fingerprint density at radius 2 is 2.00 bits per heavy atom. The molecular weight excluding hydrogens is 232 g/mol. The van der Waals surface area contributed by atoms with Crippen molar-refractivity contribution in [1.29, 1.82) is 0 Å². The minimum atomic E-state index is -1.11. The Bertz CT molecular complexity index is 552. The molecule has 5 nitrogen and oxygen atoms in total. The standard InChI is InChI=1S/C13H12N2O3/c1-2-9-3-5-10(6-4-9)18-13-14-8-7-11(15-13)12(16)17/h3-8H,2H2,1H3,(H,16,17). The van der Waals surface area contributed by atoms with E-state index in [0.29, 0.717) is 5.75 Å². The summed E-state index contributed by atoms with van der Waals surface area (Å²) >= 11 is 0. The van der Waals surface area contributed by atoms with E-state index in [-0.39, 0.29) is 11.7 Å². The van der Waals surface area contributed by atoms with Crippen LogP contribution in [0.4, 0.5) is 0 Å². The van der Waals surface area contributed by atoms with E-state index in [4.69, 9.17) is 9.84 Å². The van der Waals surface area contributed by atoms with Crippen LogP contribution in [0.2, 0.25) is 0 Å². The lowest BCUT2D eigenvalue weighted by Gasteiger charge is -2.04. The summed E-state index contributed by atoms with van der Waals surface area (Å²) in [6, 6.07) is 8.83. The molecule has 0 saturated carbocycles. The van der Waals surface area contributed by atoms with E-state index in [2.05, 4.69) is 16.9 Å². The van der Waals surface area contributed by atoms with Crippen LogP contribution >= 0.6 is 0 Å². The number of nitrogens with zero attached hydrogens (tertiary/aromatic N) is 2. The number of aryl methyl sites for hydroxylation is 1. The molecule has 1 aromatic carbocycles.